The first kappa shape index (κ1) is 13.0. The van der Waals surface area contributed by atoms with Crippen LogP contribution in [0.25, 0.3) is 0 Å². The fraction of sp³-hybridized carbons (Fsp3) is 1.00. The third kappa shape index (κ3) is 6.48. The summed E-state index contributed by atoms with van der Waals surface area (Å²) in [5, 5.41) is 0. The van der Waals surface area contributed by atoms with Gasteiger partial charge in [0.2, 0.25) is 0 Å². The third-order valence-electron chi connectivity index (χ3n) is 1.37. The molecular formula is C8H18Cl2NP. The first-order valence-electron chi connectivity index (χ1n) is 4.30. The Morgan fingerprint density at radius 3 is 1.50 bits per heavy atom. The Balaban J connectivity index is 3.87. The number of rotatable bonds is 5. The van der Waals surface area contributed by atoms with Gasteiger partial charge in [-0.05, 0) is 11.8 Å². The van der Waals surface area contributed by atoms with E-state index in [1.165, 1.54) is 0 Å². The maximum Gasteiger partial charge on any atom is 0.159 e. The summed E-state index contributed by atoms with van der Waals surface area (Å²) in [4.78, 5) is 0. The standard InChI is InChI=1S/C8H18Cl2NP/c1-7(2)5-11(12(9)10)6-8(3)4/h7-8H,5-6H2,1-4H3. The molecule has 0 fully saturated rings. The van der Waals surface area contributed by atoms with Crippen molar-refractivity contribution in [1.29, 1.82) is 0 Å². The highest BCUT2D eigenvalue weighted by molar-refractivity contribution is 8.02. The van der Waals surface area contributed by atoms with Crippen molar-refractivity contribution in [2.24, 2.45) is 11.8 Å². The molecule has 0 aromatic rings. The Morgan fingerprint density at radius 2 is 1.33 bits per heavy atom. The van der Waals surface area contributed by atoms with Crippen LogP contribution in [0.15, 0.2) is 0 Å². The molecule has 0 aliphatic carbocycles. The minimum absolute atomic E-state index is 0.631. The second kappa shape index (κ2) is 6.43. The molecule has 0 aromatic heterocycles. The second-order valence-corrected chi connectivity index (χ2v) is 7.31. The molecular weight excluding hydrogens is 212 g/mol. The van der Waals surface area contributed by atoms with Crippen molar-refractivity contribution in [3.8, 4) is 0 Å². The van der Waals surface area contributed by atoms with Crippen molar-refractivity contribution in [2.75, 3.05) is 13.1 Å². The van der Waals surface area contributed by atoms with Crippen LogP contribution in [0.3, 0.4) is 0 Å². The van der Waals surface area contributed by atoms with Crippen molar-refractivity contribution in [2.45, 2.75) is 27.7 Å². The monoisotopic (exact) mass is 229 g/mol. The Morgan fingerprint density at radius 1 is 1.00 bits per heavy atom. The van der Waals surface area contributed by atoms with E-state index < -0.39 is 6.78 Å². The van der Waals surface area contributed by atoms with Gasteiger partial charge in [-0.2, -0.15) is 0 Å². The Labute approximate surface area is 86.8 Å². The van der Waals surface area contributed by atoms with Gasteiger partial charge in [0.25, 0.3) is 0 Å². The third-order valence-corrected chi connectivity index (χ3v) is 3.40. The van der Waals surface area contributed by atoms with E-state index >= 15 is 0 Å². The molecule has 0 N–H and O–H groups in total. The SMILES string of the molecule is CC(C)CN(CC(C)C)P(Cl)Cl. The van der Waals surface area contributed by atoms with Gasteiger partial charge in [-0.15, -0.1) is 0 Å². The van der Waals surface area contributed by atoms with E-state index in [1.807, 2.05) is 0 Å². The number of nitrogens with zero attached hydrogens (tertiary/aromatic N) is 1. The number of hydrogen-bond donors (Lipinski definition) is 0. The maximum atomic E-state index is 5.89. The molecule has 0 unspecified atom stereocenters. The molecule has 12 heavy (non-hydrogen) atoms. The molecule has 0 saturated heterocycles. The summed E-state index contributed by atoms with van der Waals surface area (Å²) in [7, 11) is 0. The lowest BCUT2D eigenvalue weighted by atomic mass is 10.2. The van der Waals surface area contributed by atoms with Gasteiger partial charge in [-0.1, -0.05) is 50.2 Å². The minimum Gasteiger partial charge on any atom is -0.257 e. The van der Waals surface area contributed by atoms with E-state index in [1.54, 1.807) is 0 Å². The largest absolute Gasteiger partial charge is 0.257 e. The van der Waals surface area contributed by atoms with Gasteiger partial charge in [0.1, 0.15) is 0 Å². The van der Waals surface area contributed by atoms with Crippen molar-refractivity contribution in [3.05, 3.63) is 0 Å². The number of halogens is 2. The predicted molar refractivity (Wildman–Crippen MR) is 59.9 cm³/mol. The van der Waals surface area contributed by atoms with Gasteiger partial charge in [-0.3, -0.25) is 4.67 Å². The van der Waals surface area contributed by atoms with Crippen LogP contribution < -0.4 is 0 Å². The second-order valence-electron chi connectivity index (χ2n) is 3.87. The summed E-state index contributed by atoms with van der Waals surface area (Å²) in [6, 6.07) is 0. The highest BCUT2D eigenvalue weighted by atomic mass is 35.9. The van der Waals surface area contributed by atoms with E-state index in [9.17, 15) is 0 Å². The lowest BCUT2D eigenvalue weighted by Crippen LogP contribution is -2.24. The average Bonchev–Trinajstić information content (AvgIpc) is 1.83. The normalized spacial score (nSPS) is 12.5. The first-order chi connectivity index (χ1) is 5.43. The lowest BCUT2D eigenvalue weighted by Gasteiger charge is -2.25. The van der Waals surface area contributed by atoms with Crippen LogP contribution in [0.1, 0.15) is 27.7 Å². The highest BCUT2D eigenvalue weighted by Gasteiger charge is 2.15. The topological polar surface area (TPSA) is 3.24 Å². The molecule has 0 saturated carbocycles. The summed E-state index contributed by atoms with van der Waals surface area (Å²) < 4.78 is 2.16. The first-order valence-corrected chi connectivity index (χ1v) is 7.40. The summed E-state index contributed by atoms with van der Waals surface area (Å²) in [5.41, 5.74) is 0. The fourth-order valence-corrected chi connectivity index (χ4v) is 2.68. The average molecular weight is 230 g/mol. The van der Waals surface area contributed by atoms with Gasteiger partial charge in [-0.25, -0.2) is 0 Å². The van der Waals surface area contributed by atoms with Crippen molar-refractivity contribution < 1.29 is 0 Å². The summed E-state index contributed by atoms with van der Waals surface area (Å²) in [6.07, 6.45) is 0. The van der Waals surface area contributed by atoms with E-state index in [-0.39, 0.29) is 0 Å². The van der Waals surface area contributed by atoms with E-state index in [2.05, 4.69) is 32.4 Å². The molecule has 0 spiro atoms. The molecule has 1 nitrogen and oxygen atoms in total. The van der Waals surface area contributed by atoms with Crippen molar-refractivity contribution in [3.63, 3.8) is 0 Å². The Bertz CT molecular complexity index is 108. The van der Waals surface area contributed by atoms with Crippen LogP contribution in [0.2, 0.25) is 0 Å². The molecule has 0 atom stereocenters. The van der Waals surface area contributed by atoms with Crippen LogP contribution in [0.4, 0.5) is 0 Å². The van der Waals surface area contributed by atoms with Crippen LogP contribution in [-0.2, 0) is 0 Å². The minimum atomic E-state index is -0.951. The smallest absolute Gasteiger partial charge is 0.159 e. The van der Waals surface area contributed by atoms with Crippen LogP contribution in [0.5, 0.6) is 0 Å². The summed E-state index contributed by atoms with van der Waals surface area (Å²) in [5.74, 6) is 1.26. The number of hydrogen-bond acceptors (Lipinski definition) is 1. The van der Waals surface area contributed by atoms with Crippen LogP contribution in [0, 0.1) is 11.8 Å². The zero-order valence-corrected chi connectivity index (χ0v) is 10.6. The zero-order valence-electron chi connectivity index (χ0n) is 8.22. The molecule has 0 amide bonds. The van der Waals surface area contributed by atoms with E-state index in [0.29, 0.717) is 11.8 Å². The Hall–Kier alpha value is 0.970. The molecule has 0 radical (unpaired) electrons. The molecule has 0 heterocycles. The summed E-state index contributed by atoms with van der Waals surface area (Å²) in [6.45, 7) is 9.76. The maximum absolute atomic E-state index is 5.89. The van der Waals surface area contributed by atoms with Crippen LogP contribution >= 0.6 is 29.3 Å². The van der Waals surface area contributed by atoms with Gasteiger partial charge in [0, 0.05) is 13.1 Å². The molecule has 4 heteroatoms. The van der Waals surface area contributed by atoms with E-state index in [4.69, 9.17) is 22.5 Å². The van der Waals surface area contributed by atoms with Gasteiger partial charge < -0.3 is 0 Å². The van der Waals surface area contributed by atoms with Gasteiger partial charge in [0.05, 0.1) is 0 Å². The molecule has 0 rings (SSSR count). The fourth-order valence-electron chi connectivity index (χ4n) is 1.04. The summed E-state index contributed by atoms with van der Waals surface area (Å²) >= 11 is 11.8. The van der Waals surface area contributed by atoms with E-state index in [0.717, 1.165) is 13.1 Å². The highest BCUT2D eigenvalue weighted by Crippen LogP contribution is 2.50. The quantitative estimate of drug-likeness (QED) is 0.636. The van der Waals surface area contributed by atoms with Gasteiger partial charge >= 0.3 is 0 Å². The molecule has 0 aliphatic rings. The van der Waals surface area contributed by atoms with Crippen molar-refractivity contribution in [1.82, 2.24) is 4.67 Å². The van der Waals surface area contributed by atoms with Crippen LogP contribution in [-0.4, -0.2) is 17.8 Å². The van der Waals surface area contributed by atoms with Crippen molar-refractivity contribution >= 4 is 29.3 Å². The molecule has 0 bridgehead atoms. The lowest BCUT2D eigenvalue weighted by molar-refractivity contribution is 0.360. The predicted octanol–water partition coefficient (Wildman–Crippen LogP) is 4.30. The molecule has 0 aliphatic heterocycles. The molecule has 74 valence electrons. The molecule has 0 aromatic carbocycles. The Kier molecular flexibility index (Phi) is 6.95. The van der Waals surface area contributed by atoms with Gasteiger partial charge in [0.15, 0.2) is 6.78 Å². The zero-order chi connectivity index (χ0) is 9.72.